The molecular formula is H6Cr2O15P6. The molecule has 0 aliphatic carbocycles. The summed E-state index contributed by atoms with van der Waals surface area (Å²) in [5.74, 6) is 0. The fraction of sp³-hybridized carbons (Fsp3) is 0. The standard InChI is InChI=1S/2Cr.3H4O5P2/c;;3*1-6(2)5-7(3)4/h;;3*6-7H,(H,1,2)(H,3,4)/q2*+3;;;/p-6. The largest absolute Gasteiger partial charge is 3.00 e. The topological polar surface area (TPSA) is 268 Å². The van der Waals surface area contributed by atoms with Gasteiger partial charge in [0.2, 0.25) is 0 Å². The van der Waals surface area contributed by atoms with Crippen LogP contribution in [0.25, 0.3) is 0 Å². The zero-order valence-corrected chi connectivity index (χ0v) is 18.5. The van der Waals surface area contributed by atoms with Crippen molar-refractivity contribution in [2.45, 2.75) is 0 Å². The van der Waals surface area contributed by atoms with Crippen LogP contribution in [0.5, 0.6) is 0 Å². The summed E-state index contributed by atoms with van der Waals surface area (Å²) in [6.45, 7) is 0. The van der Waals surface area contributed by atoms with Gasteiger partial charge in [-0.15, -0.1) is 0 Å². The monoisotopic (exact) mass is 536 g/mol. The Bertz CT molecular complexity index is 318. The first-order valence-corrected chi connectivity index (χ1v) is 11.0. The molecule has 0 amide bonds. The van der Waals surface area contributed by atoms with Crippen molar-refractivity contribution in [2.75, 3.05) is 0 Å². The zero-order chi connectivity index (χ0) is 17.6. The predicted molar refractivity (Wildman–Crippen MR) is 57.3 cm³/mol. The van der Waals surface area contributed by atoms with E-state index >= 15 is 0 Å². The van der Waals surface area contributed by atoms with Gasteiger partial charge in [-0.25, -0.2) is 0 Å². The second kappa shape index (κ2) is 24.1. The van der Waals surface area contributed by atoms with Gasteiger partial charge < -0.3 is 56.8 Å². The van der Waals surface area contributed by atoms with Crippen molar-refractivity contribution < 1.29 is 104 Å². The maximum absolute atomic E-state index is 9.29. The van der Waals surface area contributed by atoms with Crippen LogP contribution in [0.2, 0.25) is 0 Å². The molecule has 0 spiro atoms. The van der Waals surface area contributed by atoms with Gasteiger partial charge in [0.15, 0.2) is 0 Å². The summed E-state index contributed by atoms with van der Waals surface area (Å²) in [6, 6.07) is 0. The van der Waals surface area contributed by atoms with Crippen LogP contribution in [0, 0.1) is 0 Å². The molecule has 0 saturated heterocycles. The molecule has 0 bridgehead atoms. The average molecular weight is 536 g/mol. The van der Waals surface area contributed by atoms with Crippen LogP contribution >= 0.6 is 49.5 Å². The van der Waals surface area contributed by atoms with Crippen molar-refractivity contribution in [1.29, 1.82) is 0 Å². The molecule has 0 aliphatic heterocycles. The fourth-order valence-electron chi connectivity index (χ4n) is 0.204. The first-order chi connectivity index (χ1) is 9.38. The van der Waals surface area contributed by atoms with E-state index in [2.05, 4.69) is 12.9 Å². The van der Waals surface area contributed by atoms with Crippen molar-refractivity contribution in [3.8, 4) is 0 Å². The van der Waals surface area contributed by atoms with Crippen molar-refractivity contribution in [3.63, 3.8) is 0 Å². The van der Waals surface area contributed by atoms with E-state index in [-0.39, 0.29) is 34.7 Å². The summed E-state index contributed by atoms with van der Waals surface area (Å²) < 4.78 is 65.4. The molecule has 2 radical (unpaired) electrons. The summed E-state index contributed by atoms with van der Waals surface area (Å²) in [5, 5.41) is 0. The number of rotatable bonds is 6. The molecule has 23 heteroatoms. The SMILES string of the molecule is O=[PH]([O-])O[PH](=O)[O-].O=[PH]([O-])O[PH](=O)[O-].O=[PH]([O-])O[PH](=O)[O-].[Cr+3].[Cr+3]. The van der Waals surface area contributed by atoms with Crippen LogP contribution < -0.4 is 29.4 Å². The van der Waals surface area contributed by atoms with Gasteiger partial charge >= 0.3 is 34.7 Å². The fourth-order valence-corrected chi connectivity index (χ4v) is 1.84. The molecule has 0 rings (SSSR count). The van der Waals surface area contributed by atoms with E-state index in [0.717, 1.165) is 0 Å². The van der Waals surface area contributed by atoms with E-state index < -0.39 is 49.5 Å². The first kappa shape index (κ1) is 36.1. The number of hydrogen-bond donors (Lipinski definition) is 0. The van der Waals surface area contributed by atoms with Crippen LogP contribution in [0.1, 0.15) is 0 Å². The Kier molecular flexibility index (Phi) is 37.8. The molecule has 6 unspecified atom stereocenters. The molecule has 0 fully saturated rings. The van der Waals surface area contributed by atoms with E-state index in [9.17, 15) is 56.8 Å². The summed E-state index contributed by atoms with van der Waals surface area (Å²) >= 11 is 0. The Hall–Kier alpha value is 2.08. The van der Waals surface area contributed by atoms with Crippen LogP contribution in [-0.2, 0) is 75.0 Å². The van der Waals surface area contributed by atoms with E-state index in [4.69, 9.17) is 0 Å². The van der Waals surface area contributed by atoms with Crippen LogP contribution in [0.3, 0.4) is 0 Å². The normalized spacial score (nSPS) is 17.0. The molecule has 0 heterocycles. The smallest absolute Gasteiger partial charge is 0.781 e. The maximum atomic E-state index is 9.29. The minimum Gasteiger partial charge on any atom is -0.781 e. The summed E-state index contributed by atoms with van der Waals surface area (Å²) in [5.41, 5.74) is 0. The van der Waals surface area contributed by atoms with Crippen LogP contribution in [-0.4, -0.2) is 0 Å². The van der Waals surface area contributed by atoms with Gasteiger partial charge in [-0.1, -0.05) is 0 Å². The van der Waals surface area contributed by atoms with Gasteiger partial charge in [-0.3, -0.25) is 12.9 Å². The van der Waals surface area contributed by atoms with Gasteiger partial charge in [-0.2, -0.15) is 0 Å². The average Bonchev–Trinajstić information content (AvgIpc) is 2.10. The molecule has 23 heavy (non-hydrogen) atoms. The van der Waals surface area contributed by atoms with E-state index in [1.807, 2.05) is 0 Å². The molecule has 0 aliphatic rings. The third-order valence-corrected chi connectivity index (χ3v) is 4.50. The molecule has 6 atom stereocenters. The maximum Gasteiger partial charge on any atom is 3.00 e. The van der Waals surface area contributed by atoms with E-state index in [1.165, 1.54) is 0 Å². The number of hydrogen-bond acceptors (Lipinski definition) is 15. The minimum atomic E-state index is -3.51. The van der Waals surface area contributed by atoms with Gasteiger partial charge in [0.1, 0.15) is 49.5 Å². The first-order valence-electron chi connectivity index (χ1n) is 3.67. The Morgan fingerprint density at radius 1 is 0.391 bits per heavy atom. The second-order valence-corrected chi connectivity index (χ2v) is 7.26. The Labute approximate surface area is 154 Å². The summed E-state index contributed by atoms with van der Waals surface area (Å²) in [4.78, 5) is 55.7. The molecule has 0 N–H and O–H groups in total. The van der Waals surface area contributed by atoms with Gasteiger partial charge in [0.25, 0.3) is 0 Å². The predicted octanol–water partition coefficient (Wildman–Crippen LogP) is -4.50. The second-order valence-electron chi connectivity index (χ2n) is 1.81. The molecule has 0 aromatic heterocycles. The van der Waals surface area contributed by atoms with Crippen molar-refractivity contribution in [2.24, 2.45) is 0 Å². The minimum absolute atomic E-state index is 0. The Morgan fingerprint density at radius 3 is 0.478 bits per heavy atom. The quantitative estimate of drug-likeness (QED) is 0.290. The molecule has 0 aromatic carbocycles. The molecule has 138 valence electrons. The van der Waals surface area contributed by atoms with Gasteiger partial charge in [0, 0.05) is 0 Å². The third kappa shape index (κ3) is 59.2. The van der Waals surface area contributed by atoms with Gasteiger partial charge in [0.05, 0.1) is 0 Å². The molecule has 0 aromatic rings. The van der Waals surface area contributed by atoms with E-state index in [0.29, 0.717) is 0 Å². The molecule has 15 nitrogen and oxygen atoms in total. The Balaban J connectivity index is -0.0000000675. The van der Waals surface area contributed by atoms with E-state index in [1.54, 1.807) is 0 Å². The summed E-state index contributed by atoms with van der Waals surface area (Å²) in [7, 11) is -21.1. The van der Waals surface area contributed by atoms with Crippen molar-refractivity contribution in [1.82, 2.24) is 0 Å². The Morgan fingerprint density at radius 2 is 0.478 bits per heavy atom. The van der Waals surface area contributed by atoms with Crippen LogP contribution in [0.15, 0.2) is 0 Å². The van der Waals surface area contributed by atoms with Crippen LogP contribution in [0.4, 0.5) is 0 Å². The molecule has 0 saturated carbocycles. The third-order valence-electron chi connectivity index (χ3n) is 0.500. The molecular weight excluding hydrogens is 530 g/mol. The van der Waals surface area contributed by atoms with Gasteiger partial charge in [-0.05, 0) is 0 Å². The zero-order valence-electron chi connectivity index (χ0n) is 9.94. The van der Waals surface area contributed by atoms with Crippen molar-refractivity contribution in [3.05, 3.63) is 0 Å². The summed E-state index contributed by atoms with van der Waals surface area (Å²) in [6.07, 6.45) is 0. The van der Waals surface area contributed by atoms with Crippen molar-refractivity contribution >= 4 is 49.5 Å².